The topological polar surface area (TPSA) is 93.7 Å². The van der Waals surface area contributed by atoms with Gasteiger partial charge in [0.1, 0.15) is 11.5 Å². The number of carbonyl (C=O) groups excluding carboxylic acids is 1. The number of amides is 1. The van der Waals surface area contributed by atoms with Gasteiger partial charge in [-0.2, -0.15) is 4.72 Å². The molecule has 1 amide bonds. The summed E-state index contributed by atoms with van der Waals surface area (Å²) in [4.78, 5) is 12.7. The van der Waals surface area contributed by atoms with Gasteiger partial charge >= 0.3 is 0 Å². The van der Waals surface area contributed by atoms with E-state index < -0.39 is 22.0 Å². The van der Waals surface area contributed by atoms with Crippen LogP contribution in [0.4, 0.5) is 5.69 Å². The first-order chi connectivity index (χ1) is 14.8. The Labute approximate surface area is 186 Å². The van der Waals surface area contributed by atoms with Gasteiger partial charge in [-0.25, -0.2) is 8.42 Å². The van der Waals surface area contributed by atoms with Crippen molar-refractivity contribution in [3.8, 4) is 17.2 Å². The number of rotatable bonds is 8. The van der Waals surface area contributed by atoms with E-state index in [1.165, 1.54) is 44.4 Å². The van der Waals surface area contributed by atoms with Gasteiger partial charge in [0.15, 0.2) is 5.75 Å². The molecule has 0 fully saturated rings. The van der Waals surface area contributed by atoms with E-state index >= 15 is 0 Å². The molecule has 0 heterocycles. The Bertz CT molecular complexity index is 1150. The van der Waals surface area contributed by atoms with Crippen LogP contribution >= 0.6 is 11.6 Å². The van der Waals surface area contributed by atoms with Crippen LogP contribution in [0.5, 0.6) is 17.2 Å². The van der Waals surface area contributed by atoms with E-state index in [2.05, 4.69) is 10.0 Å². The maximum atomic E-state index is 12.7. The molecular weight excluding hydrogens is 440 g/mol. The molecule has 3 aromatic rings. The molecule has 31 heavy (non-hydrogen) atoms. The Morgan fingerprint density at radius 2 is 1.65 bits per heavy atom. The number of carbonyl (C=O) groups is 1. The minimum Gasteiger partial charge on any atom is -0.497 e. The second kappa shape index (κ2) is 9.82. The van der Waals surface area contributed by atoms with Gasteiger partial charge in [0.2, 0.25) is 15.9 Å². The number of para-hydroxylation sites is 1. The summed E-state index contributed by atoms with van der Waals surface area (Å²) >= 11 is 6.07. The van der Waals surface area contributed by atoms with Crippen molar-refractivity contribution in [3.05, 3.63) is 77.8 Å². The maximum Gasteiger partial charge on any atom is 0.242 e. The molecule has 0 aromatic heterocycles. The lowest BCUT2D eigenvalue weighted by Crippen LogP contribution is -2.41. The molecule has 0 saturated carbocycles. The molecule has 3 rings (SSSR count). The summed E-state index contributed by atoms with van der Waals surface area (Å²) in [5.41, 5.74) is 0.317. The van der Waals surface area contributed by atoms with Gasteiger partial charge in [-0.3, -0.25) is 4.79 Å². The zero-order valence-corrected chi connectivity index (χ0v) is 18.4. The highest BCUT2D eigenvalue weighted by Gasteiger charge is 2.23. The molecule has 0 saturated heterocycles. The van der Waals surface area contributed by atoms with Crippen LogP contribution in [0.2, 0.25) is 5.02 Å². The summed E-state index contributed by atoms with van der Waals surface area (Å²) < 4.78 is 38.4. The highest BCUT2D eigenvalue weighted by molar-refractivity contribution is 7.89. The van der Waals surface area contributed by atoms with Gasteiger partial charge in [0.25, 0.3) is 0 Å². The third-order valence-corrected chi connectivity index (χ3v) is 6.06. The number of anilines is 1. The van der Waals surface area contributed by atoms with E-state index in [0.29, 0.717) is 28.0 Å². The van der Waals surface area contributed by atoms with Crippen LogP contribution in [0.3, 0.4) is 0 Å². The minimum atomic E-state index is -3.91. The molecule has 3 aromatic carbocycles. The van der Waals surface area contributed by atoms with Crippen molar-refractivity contribution in [2.75, 3.05) is 12.4 Å². The Balaban J connectivity index is 1.73. The van der Waals surface area contributed by atoms with Gasteiger partial charge in [-0.15, -0.1) is 0 Å². The molecule has 0 aliphatic carbocycles. The Hall–Kier alpha value is -3.07. The third kappa shape index (κ3) is 5.97. The van der Waals surface area contributed by atoms with Crippen LogP contribution in [-0.4, -0.2) is 27.5 Å². The Morgan fingerprint density at radius 3 is 2.29 bits per heavy atom. The summed E-state index contributed by atoms with van der Waals surface area (Å²) in [6, 6.07) is 18.6. The van der Waals surface area contributed by atoms with E-state index in [9.17, 15) is 13.2 Å². The number of ether oxygens (including phenoxy) is 2. The quantitative estimate of drug-likeness (QED) is 0.518. The van der Waals surface area contributed by atoms with Gasteiger partial charge in [0, 0.05) is 5.02 Å². The second-order valence-corrected chi connectivity index (χ2v) is 8.71. The first-order valence-corrected chi connectivity index (χ1v) is 11.1. The van der Waals surface area contributed by atoms with E-state index in [1.54, 1.807) is 24.3 Å². The molecule has 0 spiro atoms. The van der Waals surface area contributed by atoms with Crippen LogP contribution in [0.15, 0.2) is 77.7 Å². The van der Waals surface area contributed by atoms with E-state index in [4.69, 9.17) is 21.1 Å². The predicted molar refractivity (Wildman–Crippen MR) is 119 cm³/mol. The molecule has 0 radical (unpaired) electrons. The van der Waals surface area contributed by atoms with Crippen LogP contribution in [-0.2, 0) is 14.8 Å². The van der Waals surface area contributed by atoms with Crippen LogP contribution in [0.1, 0.15) is 6.92 Å². The summed E-state index contributed by atoms with van der Waals surface area (Å²) in [5, 5.41) is 3.06. The van der Waals surface area contributed by atoms with Gasteiger partial charge in [-0.1, -0.05) is 29.8 Å². The number of benzene rings is 3. The first kappa shape index (κ1) is 22.6. The molecule has 2 N–H and O–H groups in total. The fourth-order valence-corrected chi connectivity index (χ4v) is 4.03. The standard InChI is InChI=1S/C22H21ClN2O5S/c1-15(25-31(27,28)19-11-9-17(29-2)10-12-19)22(26)24-20-14-16(23)8-13-21(20)30-18-6-4-3-5-7-18/h3-15,25H,1-2H3,(H,24,26)/t15-/m0/s1. The smallest absolute Gasteiger partial charge is 0.242 e. The van der Waals surface area contributed by atoms with Crippen LogP contribution < -0.4 is 19.5 Å². The van der Waals surface area contributed by atoms with Crippen molar-refractivity contribution in [3.63, 3.8) is 0 Å². The minimum absolute atomic E-state index is 0.0174. The zero-order valence-electron chi connectivity index (χ0n) is 16.8. The molecule has 9 heteroatoms. The highest BCUT2D eigenvalue weighted by Crippen LogP contribution is 2.32. The van der Waals surface area contributed by atoms with E-state index in [-0.39, 0.29) is 4.90 Å². The lowest BCUT2D eigenvalue weighted by molar-refractivity contribution is -0.117. The molecule has 0 bridgehead atoms. The monoisotopic (exact) mass is 460 g/mol. The molecule has 7 nitrogen and oxygen atoms in total. The lowest BCUT2D eigenvalue weighted by Gasteiger charge is -2.17. The fourth-order valence-electron chi connectivity index (χ4n) is 2.65. The summed E-state index contributed by atoms with van der Waals surface area (Å²) in [6.07, 6.45) is 0. The molecular formula is C22H21ClN2O5S. The number of methoxy groups -OCH3 is 1. The van der Waals surface area contributed by atoms with Crippen molar-refractivity contribution in [2.45, 2.75) is 17.9 Å². The number of sulfonamides is 1. The van der Waals surface area contributed by atoms with Gasteiger partial charge in [-0.05, 0) is 61.5 Å². The number of nitrogens with one attached hydrogen (secondary N) is 2. The molecule has 162 valence electrons. The third-order valence-electron chi connectivity index (χ3n) is 4.27. The fraction of sp³-hybridized carbons (Fsp3) is 0.136. The van der Waals surface area contributed by atoms with Gasteiger partial charge < -0.3 is 14.8 Å². The molecule has 0 aliphatic rings. The van der Waals surface area contributed by atoms with E-state index in [0.717, 1.165) is 0 Å². The average molecular weight is 461 g/mol. The summed E-state index contributed by atoms with van der Waals surface area (Å²) in [6.45, 7) is 1.44. The highest BCUT2D eigenvalue weighted by atomic mass is 35.5. The lowest BCUT2D eigenvalue weighted by atomic mass is 10.2. The SMILES string of the molecule is COc1ccc(S(=O)(=O)N[C@@H](C)C(=O)Nc2cc(Cl)ccc2Oc2ccccc2)cc1. The van der Waals surface area contributed by atoms with Crippen molar-refractivity contribution in [2.24, 2.45) is 0 Å². The van der Waals surface area contributed by atoms with Crippen LogP contribution in [0.25, 0.3) is 0 Å². The summed E-state index contributed by atoms with van der Waals surface area (Å²) in [5.74, 6) is 0.900. The van der Waals surface area contributed by atoms with E-state index in [1.807, 2.05) is 18.2 Å². The van der Waals surface area contributed by atoms with Crippen molar-refractivity contribution >= 4 is 33.2 Å². The normalized spacial score (nSPS) is 12.1. The molecule has 0 aliphatic heterocycles. The van der Waals surface area contributed by atoms with Crippen molar-refractivity contribution < 1.29 is 22.7 Å². The molecule has 1 atom stereocenters. The molecule has 0 unspecified atom stereocenters. The summed E-state index contributed by atoms with van der Waals surface area (Å²) in [7, 11) is -2.43. The maximum absolute atomic E-state index is 12.7. The van der Waals surface area contributed by atoms with Gasteiger partial charge in [0.05, 0.1) is 23.7 Å². The number of hydrogen-bond donors (Lipinski definition) is 2. The van der Waals surface area contributed by atoms with Crippen LogP contribution in [0, 0.1) is 0 Å². The van der Waals surface area contributed by atoms with Crippen molar-refractivity contribution in [1.29, 1.82) is 0 Å². The largest absolute Gasteiger partial charge is 0.497 e. The Kier molecular flexibility index (Phi) is 7.17. The predicted octanol–water partition coefficient (Wildman–Crippen LogP) is 4.45. The number of hydrogen-bond acceptors (Lipinski definition) is 5. The average Bonchev–Trinajstić information content (AvgIpc) is 2.76. The van der Waals surface area contributed by atoms with Crippen molar-refractivity contribution in [1.82, 2.24) is 4.72 Å². The second-order valence-electron chi connectivity index (χ2n) is 6.56. The first-order valence-electron chi connectivity index (χ1n) is 9.28. The number of halogens is 1. The zero-order chi connectivity index (χ0) is 22.4. The Morgan fingerprint density at radius 1 is 0.968 bits per heavy atom.